The van der Waals surface area contributed by atoms with Gasteiger partial charge in [-0.3, -0.25) is 5.41 Å². The van der Waals surface area contributed by atoms with E-state index in [0.717, 1.165) is 5.56 Å². The van der Waals surface area contributed by atoms with Crippen LogP contribution in [0.4, 0.5) is 10.1 Å². The second-order valence-electron chi connectivity index (χ2n) is 4.60. The lowest BCUT2D eigenvalue weighted by Crippen LogP contribution is -2.26. The fourth-order valence-corrected chi connectivity index (χ4v) is 2.35. The van der Waals surface area contributed by atoms with E-state index in [0.29, 0.717) is 11.3 Å². The minimum atomic E-state index is -0.358. The van der Waals surface area contributed by atoms with E-state index in [1.165, 1.54) is 12.1 Å². The van der Waals surface area contributed by atoms with E-state index in [2.05, 4.69) is 0 Å². The zero-order chi connectivity index (χ0) is 14.1. The molecule has 0 radical (unpaired) electrons. The molecule has 0 unspecified atom stereocenters. The van der Waals surface area contributed by atoms with E-state index in [1.807, 2.05) is 30.3 Å². The van der Waals surface area contributed by atoms with Crippen molar-refractivity contribution < 1.29 is 9.50 Å². The highest BCUT2D eigenvalue weighted by molar-refractivity contribution is 6.30. The predicted octanol–water partition coefficient (Wildman–Crippen LogP) is 3.59. The second-order valence-corrected chi connectivity index (χ2v) is 4.60. The summed E-state index contributed by atoms with van der Waals surface area (Å²) in [4.78, 5) is 1.58. The number of nitrogens with zero attached hydrogens (tertiary/aromatic N) is 1. The van der Waals surface area contributed by atoms with Crippen LogP contribution in [0, 0.1) is 11.2 Å². The van der Waals surface area contributed by atoms with Gasteiger partial charge in [0.15, 0.2) is 0 Å². The van der Waals surface area contributed by atoms with Gasteiger partial charge in [-0.05, 0) is 23.8 Å². The van der Waals surface area contributed by atoms with Gasteiger partial charge in [-0.1, -0.05) is 36.4 Å². The van der Waals surface area contributed by atoms with Crippen molar-refractivity contribution in [2.24, 2.45) is 0 Å². The SMILES string of the molecule is N=C1C(c2ccccc2)=C(O)CN1c1cccc(F)c1. The minimum absolute atomic E-state index is 0.130. The fraction of sp³-hybridized carbons (Fsp3) is 0.0625. The molecule has 20 heavy (non-hydrogen) atoms. The largest absolute Gasteiger partial charge is 0.510 e. The first kappa shape index (κ1) is 12.4. The molecule has 0 atom stereocenters. The molecule has 0 bridgehead atoms. The van der Waals surface area contributed by atoms with E-state index >= 15 is 0 Å². The summed E-state index contributed by atoms with van der Waals surface area (Å²) in [5, 5.41) is 18.3. The van der Waals surface area contributed by atoms with Crippen LogP contribution in [0.2, 0.25) is 0 Å². The maximum absolute atomic E-state index is 13.3. The van der Waals surface area contributed by atoms with Gasteiger partial charge >= 0.3 is 0 Å². The summed E-state index contributed by atoms with van der Waals surface area (Å²) in [6.45, 7) is 0.187. The number of hydrogen-bond donors (Lipinski definition) is 2. The normalized spacial score (nSPS) is 15.1. The van der Waals surface area contributed by atoms with Crippen LogP contribution >= 0.6 is 0 Å². The third-order valence-electron chi connectivity index (χ3n) is 3.29. The van der Waals surface area contributed by atoms with Crippen molar-refractivity contribution in [2.75, 3.05) is 11.4 Å². The number of amidine groups is 1. The van der Waals surface area contributed by atoms with Gasteiger partial charge in [0.25, 0.3) is 0 Å². The van der Waals surface area contributed by atoms with Crippen molar-refractivity contribution in [1.82, 2.24) is 0 Å². The van der Waals surface area contributed by atoms with Crippen molar-refractivity contribution in [3.63, 3.8) is 0 Å². The number of hydrogen-bond acceptors (Lipinski definition) is 2. The van der Waals surface area contributed by atoms with Crippen LogP contribution in [0.3, 0.4) is 0 Å². The Labute approximate surface area is 116 Å². The molecular formula is C16H13FN2O. The number of nitrogens with one attached hydrogen (secondary N) is 1. The van der Waals surface area contributed by atoms with E-state index in [-0.39, 0.29) is 24.0 Å². The zero-order valence-corrected chi connectivity index (χ0v) is 10.7. The Morgan fingerprint density at radius 1 is 1.05 bits per heavy atom. The molecule has 3 rings (SSSR count). The Kier molecular flexibility index (Phi) is 2.99. The van der Waals surface area contributed by atoms with Crippen LogP contribution in [0.25, 0.3) is 5.57 Å². The summed E-state index contributed by atoms with van der Waals surface area (Å²) in [5.74, 6) is -0.0484. The first-order valence-electron chi connectivity index (χ1n) is 6.26. The highest BCUT2D eigenvalue weighted by atomic mass is 19.1. The Morgan fingerprint density at radius 3 is 2.50 bits per heavy atom. The first-order valence-corrected chi connectivity index (χ1v) is 6.26. The summed E-state index contributed by atoms with van der Waals surface area (Å²) in [6, 6.07) is 15.3. The molecule has 1 aliphatic heterocycles. The van der Waals surface area contributed by atoms with E-state index in [1.54, 1.807) is 17.0 Å². The zero-order valence-electron chi connectivity index (χ0n) is 10.7. The number of benzene rings is 2. The van der Waals surface area contributed by atoms with Crippen molar-refractivity contribution in [2.45, 2.75) is 0 Å². The molecule has 1 heterocycles. The summed E-state index contributed by atoms with van der Waals surface area (Å²) in [6.07, 6.45) is 0. The lowest BCUT2D eigenvalue weighted by Gasteiger charge is -2.18. The van der Waals surface area contributed by atoms with Crippen LogP contribution in [0.1, 0.15) is 5.56 Å². The summed E-state index contributed by atoms with van der Waals surface area (Å²) >= 11 is 0. The quantitative estimate of drug-likeness (QED) is 0.874. The summed E-state index contributed by atoms with van der Waals surface area (Å²) in [5.41, 5.74) is 1.84. The highest BCUT2D eigenvalue weighted by Gasteiger charge is 2.29. The molecule has 0 amide bonds. The van der Waals surface area contributed by atoms with Crippen LogP contribution in [-0.4, -0.2) is 17.5 Å². The average molecular weight is 268 g/mol. The maximum Gasteiger partial charge on any atom is 0.137 e. The monoisotopic (exact) mass is 268 g/mol. The van der Waals surface area contributed by atoms with Crippen LogP contribution in [0.5, 0.6) is 0 Å². The summed E-state index contributed by atoms with van der Waals surface area (Å²) in [7, 11) is 0. The molecule has 2 N–H and O–H groups in total. The molecule has 0 saturated heterocycles. The van der Waals surface area contributed by atoms with Crippen LogP contribution < -0.4 is 4.90 Å². The van der Waals surface area contributed by atoms with Crippen molar-refractivity contribution in [3.8, 4) is 0 Å². The van der Waals surface area contributed by atoms with Crippen molar-refractivity contribution in [3.05, 3.63) is 71.7 Å². The molecule has 0 aliphatic carbocycles. The Bertz CT molecular complexity index is 695. The van der Waals surface area contributed by atoms with Crippen LogP contribution in [0.15, 0.2) is 60.4 Å². The maximum atomic E-state index is 13.3. The molecule has 0 spiro atoms. The van der Waals surface area contributed by atoms with E-state index in [9.17, 15) is 9.50 Å². The first-order chi connectivity index (χ1) is 9.66. The molecule has 0 fully saturated rings. The van der Waals surface area contributed by atoms with Crippen molar-refractivity contribution in [1.29, 1.82) is 5.41 Å². The molecule has 0 aromatic heterocycles. The van der Waals surface area contributed by atoms with Gasteiger partial charge in [-0.25, -0.2) is 4.39 Å². The molecule has 2 aromatic carbocycles. The number of rotatable bonds is 2. The van der Waals surface area contributed by atoms with Gasteiger partial charge in [-0.2, -0.15) is 0 Å². The Hall–Kier alpha value is -2.62. The van der Waals surface area contributed by atoms with Crippen LogP contribution in [-0.2, 0) is 0 Å². The van der Waals surface area contributed by atoms with Crippen molar-refractivity contribution >= 4 is 17.1 Å². The number of aliphatic hydroxyl groups excluding tert-OH is 1. The second kappa shape index (κ2) is 4.81. The molecule has 2 aromatic rings. The molecular weight excluding hydrogens is 255 g/mol. The molecule has 1 aliphatic rings. The fourth-order valence-electron chi connectivity index (χ4n) is 2.35. The van der Waals surface area contributed by atoms with E-state index < -0.39 is 0 Å². The van der Waals surface area contributed by atoms with Gasteiger partial charge in [0.05, 0.1) is 12.1 Å². The number of halogens is 1. The predicted molar refractivity (Wildman–Crippen MR) is 77.5 cm³/mol. The third-order valence-corrected chi connectivity index (χ3v) is 3.29. The Morgan fingerprint density at radius 2 is 1.80 bits per heavy atom. The highest BCUT2D eigenvalue weighted by Crippen LogP contribution is 2.30. The van der Waals surface area contributed by atoms with Gasteiger partial charge in [0, 0.05) is 5.69 Å². The molecule has 100 valence electrons. The average Bonchev–Trinajstić information content (AvgIpc) is 2.75. The minimum Gasteiger partial charge on any atom is -0.510 e. The molecule has 0 saturated carbocycles. The number of aliphatic hydroxyl groups is 1. The van der Waals surface area contributed by atoms with Gasteiger partial charge in [0.2, 0.25) is 0 Å². The Balaban J connectivity index is 1.97. The smallest absolute Gasteiger partial charge is 0.137 e. The summed E-state index contributed by atoms with van der Waals surface area (Å²) < 4.78 is 13.3. The van der Waals surface area contributed by atoms with Gasteiger partial charge < -0.3 is 10.0 Å². The lowest BCUT2D eigenvalue weighted by atomic mass is 10.1. The third kappa shape index (κ3) is 2.05. The lowest BCUT2D eigenvalue weighted by molar-refractivity contribution is 0.411. The van der Waals surface area contributed by atoms with E-state index in [4.69, 9.17) is 5.41 Å². The molecule has 4 heteroatoms. The van der Waals surface area contributed by atoms with Gasteiger partial charge in [0.1, 0.15) is 17.4 Å². The number of anilines is 1. The topological polar surface area (TPSA) is 47.3 Å². The van der Waals surface area contributed by atoms with Gasteiger partial charge in [-0.15, -0.1) is 0 Å². The standard InChI is InChI=1S/C16H13FN2O/c17-12-7-4-8-13(9-12)19-10-14(20)15(16(19)18)11-5-2-1-3-6-11/h1-9,18,20H,10H2. The molecule has 3 nitrogen and oxygen atoms in total.